The lowest BCUT2D eigenvalue weighted by Crippen LogP contribution is -2.28. The molecule has 39 heavy (non-hydrogen) atoms. The van der Waals surface area contributed by atoms with E-state index in [1.807, 2.05) is 50.4 Å². The van der Waals surface area contributed by atoms with Gasteiger partial charge in [-0.05, 0) is 61.2 Å². The SMILES string of the molecule is Cc1nc2ccc(-c3c[nH]c4nc(Nc5ccc(C(=O)N(C)C)cc5C)nc(OC5CCCOC5)c34)cc2o1. The molecule has 4 heterocycles. The van der Waals surface area contributed by atoms with Gasteiger partial charge in [-0.1, -0.05) is 6.07 Å². The van der Waals surface area contributed by atoms with Gasteiger partial charge in [0.2, 0.25) is 11.8 Å². The number of benzene rings is 2. The largest absolute Gasteiger partial charge is 0.471 e. The molecule has 0 spiro atoms. The summed E-state index contributed by atoms with van der Waals surface area (Å²) in [4.78, 5) is 31.2. The Hall–Kier alpha value is -4.44. The van der Waals surface area contributed by atoms with Crippen LogP contribution in [-0.2, 0) is 4.74 Å². The first-order chi connectivity index (χ1) is 18.9. The van der Waals surface area contributed by atoms with E-state index >= 15 is 0 Å². The Kier molecular flexibility index (Phi) is 6.40. The van der Waals surface area contributed by atoms with Crippen molar-refractivity contribution >= 4 is 39.7 Å². The van der Waals surface area contributed by atoms with Gasteiger partial charge in [0.25, 0.3) is 5.91 Å². The molecule has 0 saturated carbocycles. The second-order valence-electron chi connectivity index (χ2n) is 10.0. The molecular formula is C29H30N6O4. The first-order valence-electron chi connectivity index (χ1n) is 13.0. The van der Waals surface area contributed by atoms with Crippen LogP contribution in [0.3, 0.4) is 0 Å². The summed E-state index contributed by atoms with van der Waals surface area (Å²) in [5.74, 6) is 1.43. The summed E-state index contributed by atoms with van der Waals surface area (Å²) < 4.78 is 17.9. The van der Waals surface area contributed by atoms with Crippen LogP contribution >= 0.6 is 0 Å². The molecule has 10 nitrogen and oxygen atoms in total. The molecule has 1 unspecified atom stereocenters. The van der Waals surface area contributed by atoms with E-state index in [1.165, 1.54) is 0 Å². The van der Waals surface area contributed by atoms with Crippen molar-refractivity contribution < 1.29 is 18.7 Å². The van der Waals surface area contributed by atoms with Crippen LogP contribution in [0.5, 0.6) is 5.88 Å². The summed E-state index contributed by atoms with van der Waals surface area (Å²) in [6, 6.07) is 11.4. The summed E-state index contributed by atoms with van der Waals surface area (Å²) in [5.41, 5.74) is 6.33. The first-order valence-corrected chi connectivity index (χ1v) is 13.0. The summed E-state index contributed by atoms with van der Waals surface area (Å²) in [6.45, 7) is 5.03. The minimum absolute atomic E-state index is 0.0506. The number of anilines is 2. The Balaban J connectivity index is 1.40. The monoisotopic (exact) mass is 526 g/mol. The fraction of sp³-hybridized carbons (Fsp3) is 0.310. The zero-order valence-corrected chi connectivity index (χ0v) is 22.4. The average molecular weight is 527 g/mol. The highest BCUT2D eigenvalue weighted by atomic mass is 16.5. The zero-order chi connectivity index (χ0) is 27.1. The lowest BCUT2D eigenvalue weighted by Gasteiger charge is -2.23. The highest BCUT2D eigenvalue weighted by molar-refractivity contribution is 5.99. The van der Waals surface area contributed by atoms with Crippen molar-refractivity contribution in [2.75, 3.05) is 32.6 Å². The number of hydrogen-bond donors (Lipinski definition) is 2. The van der Waals surface area contributed by atoms with Crippen molar-refractivity contribution in [2.45, 2.75) is 32.8 Å². The van der Waals surface area contributed by atoms with Gasteiger partial charge in [0.15, 0.2) is 11.5 Å². The number of hydrogen-bond acceptors (Lipinski definition) is 8. The number of nitrogens with zero attached hydrogens (tertiary/aromatic N) is 4. The van der Waals surface area contributed by atoms with Crippen LogP contribution in [0.15, 0.2) is 47.0 Å². The third-order valence-corrected chi connectivity index (χ3v) is 6.83. The number of nitrogens with one attached hydrogen (secondary N) is 2. The van der Waals surface area contributed by atoms with Crippen LogP contribution in [0.25, 0.3) is 33.3 Å². The smallest absolute Gasteiger partial charge is 0.253 e. The molecule has 1 aliphatic heterocycles. The van der Waals surface area contributed by atoms with Gasteiger partial charge in [-0.25, -0.2) is 4.98 Å². The molecule has 200 valence electrons. The Morgan fingerprint density at radius 3 is 2.77 bits per heavy atom. The number of ether oxygens (including phenoxy) is 2. The van der Waals surface area contributed by atoms with Crippen molar-refractivity contribution in [2.24, 2.45) is 0 Å². The minimum Gasteiger partial charge on any atom is -0.471 e. The third-order valence-electron chi connectivity index (χ3n) is 6.83. The van der Waals surface area contributed by atoms with Crippen molar-refractivity contribution in [3.63, 3.8) is 0 Å². The van der Waals surface area contributed by atoms with Crippen molar-refractivity contribution in [3.05, 3.63) is 59.6 Å². The summed E-state index contributed by atoms with van der Waals surface area (Å²) in [6.07, 6.45) is 3.62. The van der Waals surface area contributed by atoms with E-state index in [1.54, 1.807) is 25.1 Å². The van der Waals surface area contributed by atoms with Crippen LogP contribution < -0.4 is 10.1 Å². The maximum absolute atomic E-state index is 12.4. The van der Waals surface area contributed by atoms with Gasteiger partial charge < -0.3 is 29.1 Å². The fourth-order valence-electron chi connectivity index (χ4n) is 4.85. The van der Waals surface area contributed by atoms with Gasteiger partial charge in [-0.3, -0.25) is 4.79 Å². The molecule has 2 aromatic carbocycles. The van der Waals surface area contributed by atoms with Gasteiger partial charge >= 0.3 is 0 Å². The van der Waals surface area contributed by atoms with Gasteiger partial charge in [0, 0.05) is 50.6 Å². The maximum Gasteiger partial charge on any atom is 0.253 e. The molecular weight excluding hydrogens is 496 g/mol. The van der Waals surface area contributed by atoms with Crippen LogP contribution in [0.4, 0.5) is 11.6 Å². The lowest BCUT2D eigenvalue weighted by molar-refractivity contribution is 0.00626. The van der Waals surface area contributed by atoms with E-state index in [0.29, 0.717) is 41.1 Å². The highest BCUT2D eigenvalue weighted by Crippen LogP contribution is 2.37. The van der Waals surface area contributed by atoms with Crippen LogP contribution in [0.1, 0.15) is 34.7 Å². The van der Waals surface area contributed by atoms with E-state index in [0.717, 1.165) is 52.7 Å². The predicted octanol–water partition coefficient (Wildman–Crippen LogP) is 5.39. The molecule has 1 saturated heterocycles. The molecule has 3 aromatic heterocycles. The Morgan fingerprint density at radius 1 is 1.13 bits per heavy atom. The number of amides is 1. The quantitative estimate of drug-likeness (QED) is 0.303. The average Bonchev–Trinajstić information content (AvgIpc) is 3.52. The standard InChI is InChI=1S/C29H30N6O4/c1-16-12-19(28(36)35(3)4)8-9-22(16)32-29-33-26-25(27(34-29)39-20-6-5-11-37-15-20)21(14-30-26)18-7-10-23-24(13-18)38-17(2)31-23/h7-10,12-14,20H,5-6,11,15H2,1-4H3,(H2,30,32,33,34). The van der Waals surface area contributed by atoms with Gasteiger partial charge in [0.05, 0.1) is 12.0 Å². The molecule has 0 aliphatic carbocycles. The zero-order valence-electron chi connectivity index (χ0n) is 22.4. The molecule has 1 amide bonds. The number of carbonyl (C=O) groups is 1. The number of carbonyl (C=O) groups excluding carboxylic acids is 1. The molecule has 5 aromatic rings. The molecule has 1 aliphatic rings. The van der Waals surface area contributed by atoms with Gasteiger partial charge in [-0.15, -0.1) is 0 Å². The van der Waals surface area contributed by atoms with Crippen molar-refractivity contribution in [1.82, 2.24) is 24.8 Å². The van der Waals surface area contributed by atoms with Crippen molar-refractivity contribution in [3.8, 4) is 17.0 Å². The van der Waals surface area contributed by atoms with Crippen LogP contribution in [-0.4, -0.2) is 64.2 Å². The molecule has 0 bridgehead atoms. The summed E-state index contributed by atoms with van der Waals surface area (Å²) in [7, 11) is 3.47. The molecule has 1 fully saturated rings. The predicted molar refractivity (Wildman–Crippen MR) is 149 cm³/mol. The summed E-state index contributed by atoms with van der Waals surface area (Å²) in [5, 5.41) is 4.09. The number of rotatable bonds is 6. The second kappa shape index (κ2) is 10.0. The fourth-order valence-corrected chi connectivity index (χ4v) is 4.85. The molecule has 0 radical (unpaired) electrons. The van der Waals surface area contributed by atoms with E-state index in [4.69, 9.17) is 23.9 Å². The van der Waals surface area contributed by atoms with E-state index in [-0.39, 0.29) is 12.0 Å². The number of H-pyrrole nitrogens is 1. The number of fused-ring (bicyclic) bond motifs is 2. The number of aromatic amines is 1. The van der Waals surface area contributed by atoms with Crippen molar-refractivity contribution in [1.29, 1.82) is 0 Å². The topological polar surface area (TPSA) is 118 Å². The first kappa shape index (κ1) is 24.9. The highest BCUT2D eigenvalue weighted by Gasteiger charge is 2.22. The molecule has 6 rings (SSSR count). The normalized spacial score (nSPS) is 15.5. The minimum atomic E-state index is -0.107. The van der Waals surface area contributed by atoms with E-state index < -0.39 is 0 Å². The number of aromatic nitrogens is 4. The number of aryl methyl sites for hydroxylation is 2. The van der Waals surface area contributed by atoms with Crippen LogP contribution in [0, 0.1) is 13.8 Å². The van der Waals surface area contributed by atoms with E-state index in [2.05, 4.69) is 15.3 Å². The Morgan fingerprint density at radius 2 is 2.00 bits per heavy atom. The van der Waals surface area contributed by atoms with Gasteiger partial charge in [-0.2, -0.15) is 9.97 Å². The second-order valence-corrected chi connectivity index (χ2v) is 10.0. The van der Waals surface area contributed by atoms with Crippen LogP contribution in [0.2, 0.25) is 0 Å². The maximum atomic E-state index is 12.4. The molecule has 10 heteroatoms. The Bertz CT molecular complexity index is 1680. The third kappa shape index (κ3) is 4.90. The number of oxazole rings is 1. The summed E-state index contributed by atoms with van der Waals surface area (Å²) >= 11 is 0. The van der Waals surface area contributed by atoms with Gasteiger partial charge in [0.1, 0.15) is 17.3 Å². The molecule has 2 N–H and O–H groups in total. The molecule has 1 atom stereocenters. The lowest BCUT2D eigenvalue weighted by atomic mass is 10.1. The Labute approximate surface area is 225 Å². The van der Waals surface area contributed by atoms with E-state index in [9.17, 15) is 4.79 Å².